The Balaban J connectivity index is 1.75. The van der Waals surface area contributed by atoms with Crippen LogP contribution in [0, 0.1) is 12.3 Å². The summed E-state index contributed by atoms with van der Waals surface area (Å²) in [5.74, 6) is 1.37. The summed E-state index contributed by atoms with van der Waals surface area (Å²) in [5, 5.41) is 2.99. The summed E-state index contributed by atoms with van der Waals surface area (Å²) in [6.07, 6.45) is 7.09. The van der Waals surface area contributed by atoms with Crippen molar-refractivity contribution in [2.24, 2.45) is 0 Å². The third-order valence-corrected chi connectivity index (χ3v) is 6.09. The molecule has 2 amide bonds. The number of amides is 2. The molecule has 0 radical (unpaired) electrons. The number of nitrogens with one attached hydrogen (secondary N) is 1. The lowest BCUT2D eigenvalue weighted by Crippen LogP contribution is -2.63. The Morgan fingerprint density at radius 3 is 2.52 bits per heavy atom. The van der Waals surface area contributed by atoms with Gasteiger partial charge in [0.1, 0.15) is 5.54 Å². The highest BCUT2D eigenvalue weighted by Gasteiger charge is 2.49. The van der Waals surface area contributed by atoms with E-state index in [-0.39, 0.29) is 11.7 Å². The Bertz CT molecular complexity index is 1050. The monoisotopic (exact) mass is 416 g/mol. The van der Waals surface area contributed by atoms with Crippen molar-refractivity contribution < 1.29 is 19.1 Å². The van der Waals surface area contributed by atoms with Crippen LogP contribution < -0.4 is 10.2 Å². The standard InChI is InChI=1S/C25H24N2O4/c1-2-23(29)27(21-10-6-9-20-19(21)11-12-22(20)28)25(13-15-31-16-14-25)24(30)26-17-18-7-4-3-5-8-18/h1,3-10H,11-17H2,(H,26,30). The fourth-order valence-corrected chi connectivity index (χ4v) is 4.48. The van der Waals surface area contributed by atoms with Crippen LogP contribution in [0.4, 0.5) is 5.69 Å². The number of anilines is 1. The van der Waals surface area contributed by atoms with Crippen molar-refractivity contribution in [2.75, 3.05) is 18.1 Å². The van der Waals surface area contributed by atoms with Crippen LogP contribution in [0.2, 0.25) is 0 Å². The molecule has 4 rings (SSSR count). The van der Waals surface area contributed by atoms with Gasteiger partial charge >= 0.3 is 5.91 Å². The molecule has 0 unspecified atom stereocenters. The molecule has 2 aromatic carbocycles. The molecular weight excluding hydrogens is 392 g/mol. The van der Waals surface area contributed by atoms with E-state index in [4.69, 9.17) is 11.2 Å². The van der Waals surface area contributed by atoms with Gasteiger partial charge < -0.3 is 10.1 Å². The zero-order valence-electron chi connectivity index (χ0n) is 17.2. The maximum absolute atomic E-state index is 13.6. The van der Waals surface area contributed by atoms with Gasteiger partial charge in [-0.3, -0.25) is 19.3 Å². The highest BCUT2D eigenvalue weighted by Crippen LogP contribution is 2.39. The summed E-state index contributed by atoms with van der Waals surface area (Å²) in [6, 6.07) is 14.9. The number of fused-ring (bicyclic) bond motifs is 1. The molecule has 0 spiro atoms. The van der Waals surface area contributed by atoms with Crippen LogP contribution in [0.15, 0.2) is 48.5 Å². The van der Waals surface area contributed by atoms with Crippen LogP contribution in [0.3, 0.4) is 0 Å². The Hall–Kier alpha value is -3.43. The number of carbonyl (C=O) groups is 3. The zero-order valence-corrected chi connectivity index (χ0v) is 17.2. The minimum atomic E-state index is -1.18. The van der Waals surface area contributed by atoms with E-state index >= 15 is 0 Å². The fraction of sp³-hybridized carbons (Fsp3) is 0.320. The summed E-state index contributed by atoms with van der Waals surface area (Å²) in [6.45, 7) is 1.01. The second kappa shape index (κ2) is 8.75. The van der Waals surface area contributed by atoms with E-state index in [1.165, 1.54) is 4.90 Å². The highest BCUT2D eigenvalue weighted by atomic mass is 16.5. The molecule has 6 heteroatoms. The number of Topliss-reactive ketones (excluding diaryl/α,β-unsaturated/α-hetero) is 1. The maximum Gasteiger partial charge on any atom is 0.303 e. The number of ketones is 1. The van der Waals surface area contributed by atoms with Crippen LogP contribution in [-0.2, 0) is 27.3 Å². The van der Waals surface area contributed by atoms with Gasteiger partial charge in [0, 0.05) is 50.3 Å². The molecule has 6 nitrogen and oxygen atoms in total. The predicted molar refractivity (Wildman–Crippen MR) is 116 cm³/mol. The minimum Gasteiger partial charge on any atom is -0.381 e. The SMILES string of the molecule is C#CC(=O)N(c1cccc2c1CCC2=O)C1(C(=O)NCc2ccccc2)CCOCC1. The number of terminal acetylenes is 1. The lowest BCUT2D eigenvalue weighted by atomic mass is 9.85. The molecule has 1 fully saturated rings. The van der Waals surface area contributed by atoms with Crippen molar-refractivity contribution in [1.29, 1.82) is 0 Å². The van der Waals surface area contributed by atoms with Gasteiger partial charge in [-0.1, -0.05) is 42.5 Å². The number of benzene rings is 2. The summed E-state index contributed by atoms with van der Waals surface area (Å²) in [7, 11) is 0. The molecule has 31 heavy (non-hydrogen) atoms. The highest BCUT2D eigenvalue weighted by molar-refractivity contribution is 6.13. The Morgan fingerprint density at radius 2 is 1.81 bits per heavy atom. The van der Waals surface area contributed by atoms with Gasteiger partial charge in [-0.25, -0.2) is 0 Å². The van der Waals surface area contributed by atoms with Gasteiger partial charge in [0.25, 0.3) is 0 Å². The Morgan fingerprint density at radius 1 is 1.06 bits per heavy atom. The van der Waals surface area contributed by atoms with Gasteiger partial charge in [-0.15, -0.1) is 6.42 Å². The van der Waals surface area contributed by atoms with Crippen molar-refractivity contribution >= 4 is 23.3 Å². The number of hydrogen-bond donors (Lipinski definition) is 1. The smallest absolute Gasteiger partial charge is 0.303 e. The Labute approximate surface area is 181 Å². The first-order valence-corrected chi connectivity index (χ1v) is 10.4. The van der Waals surface area contributed by atoms with E-state index in [2.05, 4.69) is 11.2 Å². The average Bonchev–Trinajstić information content (AvgIpc) is 3.20. The molecule has 158 valence electrons. The number of ether oxygens (including phenoxy) is 1. The lowest BCUT2D eigenvalue weighted by molar-refractivity contribution is -0.133. The van der Waals surface area contributed by atoms with E-state index < -0.39 is 11.4 Å². The van der Waals surface area contributed by atoms with Crippen molar-refractivity contribution in [3.63, 3.8) is 0 Å². The van der Waals surface area contributed by atoms with Crippen LogP contribution in [0.25, 0.3) is 0 Å². The summed E-state index contributed by atoms with van der Waals surface area (Å²) < 4.78 is 5.52. The van der Waals surface area contributed by atoms with Gasteiger partial charge in [-0.05, 0) is 29.5 Å². The maximum atomic E-state index is 13.6. The molecular formula is C25H24N2O4. The third-order valence-electron chi connectivity index (χ3n) is 6.09. The number of rotatable bonds is 5. The molecule has 0 atom stereocenters. The zero-order chi connectivity index (χ0) is 21.8. The first-order chi connectivity index (χ1) is 15.1. The minimum absolute atomic E-state index is 0.0412. The quantitative estimate of drug-likeness (QED) is 0.761. The number of carbonyl (C=O) groups excluding carboxylic acids is 3. The largest absolute Gasteiger partial charge is 0.381 e. The van der Waals surface area contributed by atoms with Gasteiger partial charge in [-0.2, -0.15) is 0 Å². The van der Waals surface area contributed by atoms with Crippen LogP contribution in [-0.4, -0.2) is 36.4 Å². The summed E-state index contributed by atoms with van der Waals surface area (Å²) in [4.78, 5) is 40.4. The van der Waals surface area contributed by atoms with Crippen LogP contribution in [0.1, 0.15) is 40.7 Å². The number of nitrogens with zero attached hydrogens (tertiary/aromatic N) is 1. The van der Waals surface area contributed by atoms with Crippen molar-refractivity contribution in [1.82, 2.24) is 5.32 Å². The van der Waals surface area contributed by atoms with E-state index in [0.717, 1.165) is 11.1 Å². The topological polar surface area (TPSA) is 75.7 Å². The lowest BCUT2D eigenvalue weighted by Gasteiger charge is -2.44. The van der Waals surface area contributed by atoms with Gasteiger partial charge in [0.15, 0.2) is 5.78 Å². The Kier molecular flexibility index (Phi) is 5.88. The molecule has 2 aliphatic rings. The van der Waals surface area contributed by atoms with Crippen molar-refractivity contribution in [3.8, 4) is 12.3 Å². The third kappa shape index (κ3) is 3.85. The molecule has 0 aromatic heterocycles. The van der Waals surface area contributed by atoms with Crippen molar-refractivity contribution in [3.05, 3.63) is 65.2 Å². The second-order valence-corrected chi connectivity index (χ2v) is 7.82. The summed E-state index contributed by atoms with van der Waals surface area (Å²) in [5.41, 5.74) is 1.69. The fourth-order valence-electron chi connectivity index (χ4n) is 4.48. The summed E-state index contributed by atoms with van der Waals surface area (Å²) >= 11 is 0. The molecule has 1 aliphatic heterocycles. The van der Waals surface area contributed by atoms with Crippen LogP contribution in [0.5, 0.6) is 0 Å². The molecule has 1 saturated heterocycles. The van der Waals surface area contributed by atoms with Crippen LogP contribution >= 0.6 is 0 Å². The molecule has 2 aromatic rings. The normalized spacial score (nSPS) is 16.8. The van der Waals surface area contributed by atoms with Crippen molar-refractivity contribution in [2.45, 2.75) is 37.8 Å². The van der Waals surface area contributed by atoms with E-state index in [1.54, 1.807) is 18.2 Å². The second-order valence-electron chi connectivity index (χ2n) is 7.82. The first-order valence-electron chi connectivity index (χ1n) is 10.4. The van der Waals surface area contributed by atoms with E-state index in [1.807, 2.05) is 30.3 Å². The molecule has 1 heterocycles. The molecule has 1 N–H and O–H groups in total. The van der Waals surface area contributed by atoms with Gasteiger partial charge in [0.2, 0.25) is 5.91 Å². The van der Waals surface area contributed by atoms with Gasteiger partial charge in [0.05, 0.1) is 0 Å². The first kappa shape index (κ1) is 20.8. The molecule has 1 aliphatic carbocycles. The molecule has 0 saturated carbocycles. The van der Waals surface area contributed by atoms with E-state index in [0.29, 0.717) is 56.7 Å². The van der Waals surface area contributed by atoms with E-state index in [9.17, 15) is 14.4 Å². The average molecular weight is 416 g/mol. The molecule has 0 bridgehead atoms. The number of hydrogen-bond acceptors (Lipinski definition) is 4. The predicted octanol–water partition coefficient (Wildman–Crippen LogP) is 2.65.